The molecule has 14 heavy (non-hydrogen) atoms. The average Bonchev–Trinajstić information content (AvgIpc) is 2.65. The van der Waals surface area contributed by atoms with Crippen LogP contribution in [0.5, 0.6) is 5.75 Å². The van der Waals surface area contributed by atoms with Crippen molar-refractivity contribution in [2.24, 2.45) is 0 Å². The van der Waals surface area contributed by atoms with Gasteiger partial charge in [0.25, 0.3) is 0 Å². The SMILES string of the molecule is Oc1ccc2c(c1)CCc1cn[nH]c1-2. The molecule has 0 saturated heterocycles. The van der Waals surface area contributed by atoms with Crippen molar-refractivity contribution in [3.63, 3.8) is 0 Å². The average molecular weight is 186 g/mol. The first kappa shape index (κ1) is 7.62. The molecule has 2 aromatic rings. The molecule has 0 atom stereocenters. The molecule has 3 heteroatoms. The van der Waals surface area contributed by atoms with Gasteiger partial charge in [-0.15, -0.1) is 0 Å². The number of hydrogen-bond acceptors (Lipinski definition) is 2. The van der Waals surface area contributed by atoms with Crippen LogP contribution in [0.15, 0.2) is 24.4 Å². The number of phenolic OH excluding ortho intramolecular Hbond substituents is 1. The summed E-state index contributed by atoms with van der Waals surface area (Å²) in [5.41, 5.74) is 4.73. The molecule has 1 aromatic heterocycles. The number of benzene rings is 1. The molecule has 70 valence electrons. The molecule has 3 nitrogen and oxygen atoms in total. The van der Waals surface area contributed by atoms with Crippen LogP contribution in [0.4, 0.5) is 0 Å². The maximum absolute atomic E-state index is 9.36. The molecule has 0 fully saturated rings. The standard InChI is InChI=1S/C11H10N2O/c14-9-3-4-10-7(5-9)1-2-8-6-12-13-11(8)10/h3-6,14H,1-2H2,(H,12,13). The van der Waals surface area contributed by atoms with Crippen LogP contribution in [0, 0.1) is 0 Å². The minimum absolute atomic E-state index is 0.340. The summed E-state index contributed by atoms with van der Waals surface area (Å²) >= 11 is 0. The Kier molecular flexibility index (Phi) is 1.42. The van der Waals surface area contributed by atoms with Gasteiger partial charge in [-0.05, 0) is 42.2 Å². The van der Waals surface area contributed by atoms with E-state index >= 15 is 0 Å². The van der Waals surface area contributed by atoms with Crippen LogP contribution in [-0.2, 0) is 12.8 Å². The summed E-state index contributed by atoms with van der Waals surface area (Å²) < 4.78 is 0. The van der Waals surface area contributed by atoms with E-state index in [1.807, 2.05) is 18.3 Å². The van der Waals surface area contributed by atoms with Gasteiger partial charge in [0.2, 0.25) is 0 Å². The van der Waals surface area contributed by atoms with Gasteiger partial charge >= 0.3 is 0 Å². The van der Waals surface area contributed by atoms with Crippen LogP contribution < -0.4 is 0 Å². The summed E-state index contributed by atoms with van der Waals surface area (Å²) in [5, 5.41) is 16.4. The molecule has 0 saturated carbocycles. The molecule has 0 bridgehead atoms. The van der Waals surface area contributed by atoms with E-state index in [1.165, 1.54) is 16.7 Å². The molecule has 0 amide bonds. The number of hydrogen-bond donors (Lipinski definition) is 2. The molecule has 0 spiro atoms. The highest BCUT2D eigenvalue weighted by Crippen LogP contribution is 2.33. The lowest BCUT2D eigenvalue weighted by atomic mass is 9.90. The fraction of sp³-hybridized carbons (Fsp3) is 0.182. The van der Waals surface area contributed by atoms with E-state index in [-0.39, 0.29) is 0 Å². The normalized spacial score (nSPS) is 13.4. The van der Waals surface area contributed by atoms with E-state index in [0.717, 1.165) is 18.5 Å². The van der Waals surface area contributed by atoms with Gasteiger partial charge in [-0.1, -0.05) is 0 Å². The van der Waals surface area contributed by atoms with Gasteiger partial charge in [0.15, 0.2) is 0 Å². The van der Waals surface area contributed by atoms with Crippen molar-refractivity contribution < 1.29 is 5.11 Å². The summed E-state index contributed by atoms with van der Waals surface area (Å²) in [5.74, 6) is 0.340. The summed E-state index contributed by atoms with van der Waals surface area (Å²) in [6.07, 6.45) is 3.86. The lowest BCUT2D eigenvalue weighted by Gasteiger charge is -2.15. The quantitative estimate of drug-likeness (QED) is 0.660. The zero-order valence-electron chi connectivity index (χ0n) is 7.62. The molecule has 1 aromatic carbocycles. The van der Waals surface area contributed by atoms with Crippen molar-refractivity contribution in [1.82, 2.24) is 10.2 Å². The highest BCUT2D eigenvalue weighted by atomic mass is 16.3. The van der Waals surface area contributed by atoms with Gasteiger partial charge in [0.1, 0.15) is 5.75 Å². The first-order valence-electron chi connectivity index (χ1n) is 4.69. The lowest BCUT2D eigenvalue weighted by Crippen LogP contribution is -2.01. The Morgan fingerprint density at radius 2 is 2.07 bits per heavy atom. The molecule has 0 unspecified atom stereocenters. The Morgan fingerprint density at radius 3 is 3.00 bits per heavy atom. The third-order valence-corrected chi connectivity index (χ3v) is 2.74. The lowest BCUT2D eigenvalue weighted by molar-refractivity contribution is 0.474. The van der Waals surface area contributed by atoms with Crippen LogP contribution in [0.3, 0.4) is 0 Å². The molecule has 2 N–H and O–H groups in total. The first-order valence-corrected chi connectivity index (χ1v) is 4.69. The van der Waals surface area contributed by atoms with Crippen LogP contribution in [-0.4, -0.2) is 15.3 Å². The second-order valence-electron chi connectivity index (χ2n) is 3.61. The number of aromatic nitrogens is 2. The molecule has 1 heterocycles. The molecule has 0 aliphatic heterocycles. The largest absolute Gasteiger partial charge is 0.508 e. The third-order valence-electron chi connectivity index (χ3n) is 2.74. The molecular formula is C11H10N2O. The number of aryl methyl sites for hydroxylation is 2. The van der Waals surface area contributed by atoms with Crippen LogP contribution in [0.2, 0.25) is 0 Å². The van der Waals surface area contributed by atoms with Gasteiger partial charge in [-0.3, -0.25) is 5.10 Å². The Bertz CT molecular complexity index is 488. The minimum Gasteiger partial charge on any atom is -0.508 e. The topological polar surface area (TPSA) is 48.9 Å². The van der Waals surface area contributed by atoms with Crippen molar-refractivity contribution in [1.29, 1.82) is 0 Å². The number of phenols is 1. The number of nitrogens with zero attached hydrogens (tertiary/aromatic N) is 1. The van der Waals surface area contributed by atoms with Crippen molar-refractivity contribution in [3.8, 4) is 17.0 Å². The van der Waals surface area contributed by atoms with E-state index in [0.29, 0.717) is 5.75 Å². The molecule has 1 aliphatic carbocycles. The zero-order valence-corrected chi connectivity index (χ0v) is 7.62. The molecule has 0 radical (unpaired) electrons. The molecule has 3 rings (SSSR count). The van der Waals surface area contributed by atoms with Gasteiger partial charge in [-0.2, -0.15) is 5.10 Å². The van der Waals surface area contributed by atoms with E-state index < -0.39 is 0 Å². The van der Waals surface area contributed by atoms with Crippen molar-refractivity contribution in [2.45, 2.75) is 12.8 Å². The van der Waals surface area contributed by atoms with Crippen LogP contribution in [0.25, 0.3) is 11.3 Å². The Hall–Kier alpha value is -1.77. The second-order valence-corrected chi connectivity index (χ2v) is 3.61. The highest BCUT2D eigenvalue weighted by molar-refractivity contribution is 5.69. The van der Waals surface area contributed by atoms with E-state index in [9.17, 15) is 5.11 Å². The van der Waals surface area contributed by atoms with Crippen molar-refractivity contribution >= 4 is 0 Å². The predicted octanol–water partition coefficient (Wildman–Crippen LogP) is 1.88. The number of fused-ring (bicyclic) bond motifs is 3. The fourth-order valence-corrected chi connectivity index (χ4v) is 2.03. The zero-order chi connectivity index (χ0) is 9.54. The van der Waals surface area contributed by atoms with E-state index in [1.54, 1.807) is 6.07 Å². The fourth-order valence-electron chi connectivity index (χ4n) is 2.03. The number of rotatable bonds is 0. The van der Waals surface area contributed by atoms with Gasteiger partial charge in [0, 0.05) is 5.56 Å². The summed E-state index contributed by atoms with van der Waals surface area (Å²) in [7, 11) is 0. The second kappa shape index (κ2) is 2.61. The number of aromatic hydroxyl groups is 1. The predicted molar refractivity (Wildman–Crippen MR) is 53.1 cm³/mol. The highest BCUT2D eigenvalue weighted by Gasteiger charge is 2.17. The summed E-state index contributed by atoms with van der Waals surface area (Å²) in [4.78, 5) is 0. The smallest absolute Gasteiger partial charge is 0.115 e. The Morgan fingerprint density at radius 1 is 1.21 bits per heavy atom. The van der Waals surface area contributed by atoms with E-state index in [2.05, 4.69) is 10.2 Å². The maximum atomic E-state index is 9.36. The summed E-state index contributed by atoms with van der Waals surface area (Å²) in [6, 6.07) is 5.49. The van der Waals surface area contributed by atoms with Gasteiger partial charge in [-0.25, -0.2) is 0 Å². The van der Waals surface area contributed by atoms with E-state index in [4.69, 9.17) is 0 Å². The Balaban J connectivity index is 2.26. The van der Waals surface area contributed by atoms with Gasteiger partial charge < -0.3 is 5.11 Å². The minimum atomic E-state index is 0.340. The Labute approximate surface area is 81.4 Å². The number of aromatic amines is 1. The third kappa shape index (κ3) is 0.954. The molecule has 1 aliphatic rings. The monoisotopic (exact) mass is 186 g/mol. The van der Waals surface area contributed by atoms with Crippen molar-refractivity contribution in [2.75, 3.05) is 0 Å². The van der Waals surface area contributed by atoms with Crippen molar-refractivity contribution in [3.05, 3.63) is 35.5 Å². The molecular weight excluding hydrogens is 176 g/mol. The number of H-pyrrole nitrogens is 1. The van der Waals surface area contributed by atoms with Crippen LogP contribution in [0.1, 0.15) is 11.1 Å². The summed E-state index contributed by atoms with van der Waals surface area (Å²) in [6.45, 7) is 0. The maximum Gasteiger partial charge on any atom is 0.115 e. The number of nitrogens with one attached hydrogen (secondary N) is 1. The van der Waals surface area contributed by atoms with Crippen LogP contribution >= 0.6 is 0 Å². The van der Waals surface area contributed by atoms with Gasteiger partial charge in [0.05, 0.1) is 11.9 Å². The first-order chi connectivity index (χ1) is 6.84.